The minimum Gasteiger partial charge on any atom is -0.469 e. The number of rotatable bonds is 4. The van der Waals surface area contributed by atoms with E-state index >= 15 is 0 Å². The number of hydrazine groups is 1. The Morgan fingerprint density at radius 2 is 1.88 bits per heavy atom. The van der Waals surface area contributed by atoms with Gasteiger partial charge in [-0.05, 0) is 18.2 Å². The molecule has 25 heavy (non-hydrogen) atoms. The minimum atomic E-state index is -0.599. The summed E-state index contributed by atoms with van der Waals surface area (Å²) in [6, 6.07) is 10.2. The molecule has 8 heteroatoms. The van der Waals surface area contributed by atoms with Crippen molar-refractivity contribution in [2.75, 3.05) is 0 Å². The number of nitrogens with zero attached hydrogens (tertiary/aromatic N) is 2. The van der Waals surface area contributed by atoms with Crippen LogP contribution < -0.4 is 16.4 Å². The third-order valence-corrected chi connectivity index (χ3v) is 3.67. The van der Waals surface area contributed by atoms with Crippen LogP contribution in [0.2, 0.25) is 0 Å². The van der Waals surface area contributed by atoms with Crippen LogP contribution in [0.3, 0.4) is 0 Å². The second kappa shape index (κ2) is 7.00. The number of carbonyl (C=O) groups excluding carboxylic acids is 2. The number of hydrogen-bond donors (Lipinski definition) is 2. The fourth-order valence-corrected chi connectivity index (χ4v) is 2.41. The third kappa shape index (κ3) is 3.57. The van der Waals surface area contributed by atoms with Gasteiger partial charge in [-0.1, -0.05) is 18.2 Å². The Hall–Kier alpha value is -3.42. The van der Waals surface area contributed by atoms with Crippen molar-refractivity contribution in [3.63, 3.8) is 0 Å². The van der Waals surface area contributed by atoms with E-state index in [9.17, 15) is 14.4 Å². The van der Waals surface area contributed by atoms with Gasteiger partial charge in [0.05, 0.1) is 11.6 Å². The van der Waals surface area contributed by atoms with Gasteiger partial charge in [0.15, 0.2) is 5.69 Å². The lowest BCUT2D eigenvalue weighted by Crippen LogP contribution is -2.42. The molecule has 0 unspecified atom stereocenters. The highest BCUT2D eigenvalue weighted by Crippen LogP contribution is 2.12. The second-order valence-electron chi connectivity index (χ2n) is 5.40. The lowest BCUT2D eigenvalue weighted by atomic mass is 10.1. The molecular formula is C17H16N4O4. The van der Waals surface area contributed by atoms with Gasteiger partial charge >= 0.3 is 0 Å². The van der Waals surface area contributed by atoms with Gasteiger partial charge in [0.25, 0.3) is 11.5 Å². The molecule has 3 rings (SSSR count). The van der Waals surface area contributed by atoms with Crippen molar-refractivity contribution in [2.24, 2.45) is 7.05 Å². The number of benzene rings is 1. The molecule has 0 aliphatic carbocycles. The Kier molecular flexibility index (Phi) is 4.60. The molecule has 0 aliphatic heterocycles. The molecule has 1 aromatic carbocycles. The fourth-order valence-electron chi connectivity index (χ4n) is 2.41. The van der Waals surface area contributed by atoms with E-state index in [2.05, 4.69) is 16.0 Å². The molecule has 2 aromatic heterocycles. The van der Waals surface area contributed by atoms with E-state index in [4.69, 9.17) is 4.42 Å². The molecule has 2 N–H and O–H groups in total. The molecule has 2 heterocycles. The number of aromatic nitrogens is 2. The molecule has 3 aromatic rings. The van der Waals surface area contributed by atoms with Crippen LogP contribution in [-0.4, -0.2) is 21.6 Å². The number of aryl methyl sites for hydroxylation is 2. The van der Waals surface area contributed by atoms with Gasteiger partial charge in [0.1, 0.15) is 5.76 Å². The summed E-state index contributed by atoms with van der Waals surface area (Å²) in [6.07, 6.45) is 2.12. The van der Waals surface area contributed by atoms with Gasteiger partial charge in [0.2, 0.25) is 5.91 Å². The van der Waals surface area contributed by atoms with Crippen LogP contribution in [0, 0.1) is 0 Å². The largest absolute Gasteiger partial charge is 0.469 e. The van der Waals surface area contributed by atoms with E-state index < -0.39 is 5.91 Å². The van der Waals surface area contributed by atoms with Crippen LogP contribution in [0.1, 0.15) is 22.7 Å². The van der Waals surface area contributed by atoms with E-state index in [0.717, 1.165) is 4.68 Å². The molecule has 0 saturated heterocycles. The Morgan fingerprint density at radius 1 is 1.12 bits per heavy atom. The van der Waals surface area contributed by atoms with Crippen molar-refractivity contribution in [1.82, 2.24) is 20.6 Å². The maximum absolute atomic E-state index is 12.3. The first-order chi connectivity index (χ1) is 12.1. The summed E-state index contributed by atoms with van der Waals surface area (Å²) in [5.41, 5.74) is 4.42. The van der Waals surface area contributed by atoms with E-state index in [1.165, 1.54) is 13.3 Å². The van der Waals surface area contributed by atoms with Crippen LogP contribution in [-0.2, 0) is 18.3 Å². The SMILES string of the molecule is Cn1nc(C(=O)NNC(=O)CCc2ccco2)c2ccccc2c1=O. The van der Waals surface area contributed by atoms with Crippen molar-refractivity contribution >= 4 is 22.6 Å². The molecule has 0 spiro atoms. The molecule has 0 bridgehead atoms. The maximum atomic E-state index is 12.3. The van der Waals surface area contributed by atoms with Crippen LogP contribution in [0.5, 0.6) is 0 Å². The van der Waals surface area contributed by atoms with Gasteiger partial charge in [-0.3, -0.25) is 25.2 Å². The molecule has 0 saturated carbocycles. The van der Waals surface area contributed by atoms with Gasteiger partial charge < -0.3 is 4.42 Å². The third-order valence-electron chi connectivity index (χ3n) is 3.67. The normalized spacial score (nSPS) is 10.6. The summed E-state index contributed by atoms with van der Waals surface area (Å²) in [5, 5.41) is 4.80. The van der Waals surface area contributed by atoms with Gasteiger partial charge in [-0.2, -0.15) is 5.10 Å². The lowest BCUT2D eigenvalue weighted by molar-refractivity contribution is -0.121. The summed E-state index contributed by atoms with van der Waals surface area (Å²) in [7, 11) is 1.47. The molecule has 0 fully saturated rings. The second-order valence-corrected chi connectivity index (χ2v) is 5.40. The molecule has 8 nitrogen and oxygen atoms in total. The highest BCUT2D eigenvalue weighted by Gasteiger charge is 2.16. The zero-order chi connectivity index (χ0) is 17.8. The fraction of sp³-hybridized carbons (Fsp3) is 0.176. The summed E-state index contributed by atoms with van der Waals surface area (Å²) >= 11 is 0. The summed E-state index contributed by atoms with van der Waals surface area (Å²) in [5.74, 6) is -0.274. The first kappa shape index (κ1) is 16.4. The quantitative estimate of drug-likeness (QED) is 0.687. The van der Waals surface area contributed by atoms with E-state index in [-0.39, 0.29) is 23.6 Å². The monoisotopic (exact) mass is 340 g/mol. The first-order valence-corrected chi connectivity index (χ1v) is 7.64. The highest BCUT2D eigenvalue weighted by atomic mass is 16.3. The van der Waals surface area contributed by atoms with Crippen molar-refractivity contribution in [3.05, 3.63) is 64.5 Å². The standard InChI is InChI=1S/C17H16N4O4/c1-21-17(24)13-7-3-2-6-12(13)15(20-21)16(23)19-18-14(22)9-8-11-5-4-10-25-11/h2-7,10H,8-9H2,1H3,(H,18,22)(H,19,23). The Labute approximate surface area is 142 Å². The van der Waals surface area contributed by atoms with Crippen molar-refractivity contribution in [2.45, 2.75) is 12.8 Å². The average Bonchev–Trinajstić information content (AvgIpc) is 3.14. The molecule has 0 aliphatic rings. The molecule has 0 radical (unpaired) electrons. The number of carbonyl (C=O) groups is 2. The van der Waals surface area contributed by atoms with E-state index in [1.54, 1.807) is 36.4 Å². The van der Waals surface area contributed by atoms with Gasteiger partial charge in [-0.15, -0.1) is 0 Å². The molecule has 0 atom stereocenters. The zero-order valence-electron chi connectivity index (χ0n) is 13.5. The highest BCUT2D eigenvalue weighted by molar-refractivity contribution is 6.05. The number of amides is 2. The predicted molar refractivity (Wildman–Crippen MR) is 89.6 cm³/mol. The molecular weight excluding hydrogens is 324 g/mol. The Morgan fingerprint density at radius 3 is 2.60 bits per heavy atom. The molecule has 128 valence electrons. The van der Waals surface area contributed by atoms with Gasteiger partial charge in [-0.25, -0.2) is 4.68 Å². The first-order valence-electron chi connectivity index (χ1n) is 7.64. The van der Waals surface area contributed by atoms with Crippen molar-refractivity contribution < 1.29 is 14.0 Å². The lowest BCUT2D eigenvalue weighted by Gasteiger charge is -2.09. The zero-order valence-corrected chi connectivity index (χ0v) is 13.5. The Bertz CT molecular complexity index is 976. The van der Waals surface area contributed by atoms with E-state index in [0.29, 0.717) is 23.0 Å². The minimum absolute atomic E-state index is 0.0593. The summed E-state index contributed by atoms with van der Waals surface area (Å²) < 4.78 is 6.23. The van der Waals surface area contributed by atoms with Crippen LogP contribution in [0.15, 0.2) is 51.9 Å². The van der Waals surface area contributed by atoms with Crippen LogP contribution >= 0.6 is 0 Å². The van der Waals surface area contributed by atoms with Crippen LogP contribution in [0.25, 0.3) is 10.8 Å². The van der Waals surface area contributed by atoms with Gasteiger partial charge in [0, 0.05) is 25.3 Å². The average molecular weight is 340 g/mol. The number of hydrogen-bond acceptors (Lipinski definition) is 5. The topological polar surface area (TPSA) is 106 Å². The number of furan rings is 1. The Balaban J connectivity index is 1.69. The predicted octanol–water partition coefficient (Wildman–Crippen LogP) is 0.920. The maximum Gasteiger partial charge on any atom is 0.290 e. The van der Waals surface area contributed by atoms with Crippen molar-refractivity contribution in [1.29, 1.82) is 0 Å². The van der Waals surface area contributed by atoms with E-state index in [1.807, 2.05) is 0 Å². The smallest absolute Gasteiger partial charge is 0.290 e. The number of fused-ring (bicyclic) bond motifs is 1. The molecule has 2 amide bonds. The summed E-state index contributed by atoms with van der Waals surface area (Å²) in [6.45, 7) is 0. The van der Waals surface area contributed by atoms with Crippen LogP contribution in [0.4, 0.5) is 0 Å². The summed E-state index contributed by atoms with van der Waals surface area (Å²) in [4.78, 5) is 36.2. The number of nitrogens with one attached hydrogen (secondary N) is 2. The van der Waals surface area contributed by atoms with Crippen molar-refractivity contribution in [3.8, 4) is 0 Å².